The second-order valence-electron chi connectivity index (χ2n) is 15.2. The molecule has 0 saturated carbocycles. The number of ether oxygens (including phenoxy) is 4. The molecule has 10 rings (SSSR count). The van der Waals surface area contributed by atoms with Gasteiger partial charge in [0.15, 0.2) is 11.3 Å². The lowest BCUT2D eigenvalue weighted by Gasteiger charge is -2.49. The zero-order valence-corrected chi connectivity index (χ0v) is 35.0. The van der Waals surface area contributed by atoms with Crippen LogP contribution in [0.15, 0.2) is 97.1 Å². The van der Waals surface area contributed by atoms with E-state index in [-0.39, 0.29) is 49.6 Å². The van der Waals surface area contributed by atoms with E-state index in [1.54, 1.807) is 72.3 Å². The summed E-state index contributed by atoms with van der Waals surface area (Å²) in [4.78, 5) is 63.4. The lowest BCUT2D eigenvalue weighted by Crippen LogP contribution is -2.62. The predicted molar refractivity (Wildman–Crippen MR) is 229 cm³/mol. The lowest BCUT2D eigenvalue weighted by atomic mass is 9.79. The van der Waals surface area contributed by atoms with Gasteiger partial charge in [-0.3, -0.25) is 19.6 Å². The van der Waals surface area contributed by atoms with Gasteiger partial charge in [0.05, 0.1) is 65.7 Å². The van der Waals surface area contributed by atoms with Crippen LogP contribution in [0, 0.1) is 0 Å². The summed E-state index contributed by atoms with van der Waals surface area (Å²) in [5.41, 5.74) is 0.00697. The number of fused-ring (bicyclic) bond motifs is 4. The summed E-state index contributed by atoms with van der Waals surface area (Å²) in [5.74, 6) is -0.229. The van der Waals surface area contributed by atoms with Crippen LogP contribution in [0.25, 0.3) is 21.5 Å². The molecule has 16 heteroatoms. The van der Waals surface area contributed by atoms with Crippen molar-refractivity contribution in [3.63, 3.8) is 0 Å². The number of hydrogen-bond donors (Lipinski definition) is 4. The van der Waals surface area contributed by atoms with Crippen molar-refractivity contribution in [2.24, 2.45) is 0 Å². The molecule has 0 aromatic heterocycles. The number of carbonyl (C=O) groups excluding carboxylic acids is 2. The molecular formula is C46H46N6O10+2. The van der Waals surface area contributed by atoms with Crippen molar-refractivity contribution in [1.82, 2.24) is 31.9 Å². The van der Waals surface area contributed by atoms with Gasteiger partial charge in [-0.2, -0.15) is 0 Å². The first kappa shape index (κ1) is 41.2. The third-order valence-electron chi connectivity index (χ3n) is 12.8. The summed E-state index contributed by atoms with van der Waals surface area (Å²) in [6.45, 7) is -0.249. The van der Waals surface area contributed by atoms with E-state index in [1.807, 2.05) is 48.5 Å². The molecule has 4 aliphatic heterocycles. The van der Waals surface area contributed by atoms with Crippen LogP contribution in [-0.2, 0) is 37.5 Å². The van der Waals surface area contributed by atoms with Crippen molar-refractivity contribution >= 4 is 45.5 Å². The molecule has 0 spiro atoms. The van der Waals surface area contributed by atoms with E-state index in [1.165, 1.54) is 24.3 Å². The van der Waals surface area contributed by atoms with Crippen molar-refractivity contribution in [1.29, 1.82) is 0 Å². The molecule has 4 heterocycles. The number of methoxy groups -OCH3 is 4. The Morgan fingerprint density at radius 1 is 0.452 bits per heavy atom. The Kier molecular flexibility index (Phi) is 9.68. The van der Waals surface area contributed by atoms with E-state index < -0.39 is 35.3 Å². The van der Waals surface area contributed by atoms with Crippen LogP contribution in [0.2, 0.25) is 0 Å². The highest BCUT2D eigenvalue weighted by atomic mass is 16.5. The summed E-state index contributed by atoms with van der Waals surface area (Å²) < 4.78 is 24.7. The fourth-order valence-corrected chi connectivity index (χ4v) is 10.5. The van der Waals surface area contributed by atoms with Gasteiger partial charge in [-0.05, 0) is 24.3 Å². The highest BCUT2D eigenvalue weighted by molar-refractivity contribution is 6.00. The fourth-order valence-electron chi connectivity index (χ4n) is 10.5. The predicted octanol–water partition coefficient (Wildman–Crippen LogP) is 8.08. The van der Waals surface area contributed by atoms with E-state index in [0.717, 1.165) is 21.5 Å². The summed E-state index contributed by atoms with van der Waals surface area (Å²) >= 11 is 0. The number of quaternary nitrogens is 2. The molecule has 0 radical (unpaired) electrons. The lowest BCUT2D eigenvalue weighted by molar-refractivity contribution is -0.0795. The molecule has 4 amide bonds. The standard InChI is InChI=1S/C46H38N4O10.2H3N/c1-57-37-29-9-5-6-10-30(29)38(58-2)34-22-48-44(56)50-24-36-35(39(59-3)31-11-7-8-12-32(31)40(36)60-4)23-49-43(55)47(21-33(34)37)45(48,27-17-13-25(14-18-27)41(51)52)46(49,50)28-19-15-26(16-20-28)42(53)54;;/h5-20H,21-24H2,1-4H3,(H,51,52)(H,53,54);2*1H3/p+2. The van der Waals surface area contributed by atoms with Gasteiger partial charge < -0.3 is 41.5 Å². The third-order valence-corrected chi connectivity index (χ3v) is 12.8. The molecule has 62 heavy (non-hydrogen) atoms. The summed E-state index contributed by atoms with van der Waals surface area (Å²) in [6.07, 6.45) is 0. The van der Waals surface area contributed by atoms with Crippen LogP contribution in [0.5, 0.6) is 23.0 Å². The highest BCUT2D eigenvalue weighted by Crippen LogP contribution is 2.67. The van der Waals surface area contributed by atoms with Crippen LogP contribution in [0.4, 0.5) is 9.59 Å². The molecule has 0 atom stereocenters. The van der Waals surface area contributed by atoms with E-state index in [0.29, 0.717) is 56.4 Å². The smallest absolute Gasteiger partial charge is 0.335 e. The van der Waals surface area contributed by atoms with Crippen molar-refractivity contribution < 1.29 is 48.3 Å². The number of carboxylic acids is 2. The van der Waals surface area contributed by atoms with Gasteiger partial charge in [0.2, 0.25) is 0 Å². The molecule has 6 aromatic rings. The number of benzene rings is 6. The first-order valence-electron chi connectivity index (χ1n) is 19.2. The average Bonchev–Trinajstić information content (AvgIpc) is 3.41. The fraction of sp³-hybridized carbons (Fsp3) is 0.217. The number of carboxylic acid groups (broad SMARTS) is 2. The van der Waals surface area contributed by atoms with Crippen molar-refractivity contribution in [2.75, 3.05) is 28.4 Å². The van der Waals surface area contributed by atoms with Gasteiger partial charge in [-0.1, -0.05) is 72.8 Å². The monoisotopic (exact) mass is 842 g/mol. The molecular weight excluding hydrogens is 797 g/mol. The zero-order valence-electron chi connectivity index (χ0n) is 35.0. The third kappa shape index (κ3) is 4.95. The van der Waals surface area contributed by atoms with Crippen molar-refractivity contribution in [3.8, 4) is 23.0 Å². The maximum absolute atomic E-state index is 16.1. The molecule has 16 nitrogen and oxygen atoms in total. The maximum atomic E-state index is 16.1. The Hall–Kier alpha value is -7.56. The summed E-state index contributed by atoms with van der Waals surface area (Å²) in [5, 5.41) is 23.1. The van der Waals surface area contributed by atoms with Crippen molar-refractivity contribution in [3.05, 3.63) is 142 Å². The van der Waals surface area contributed by atoms with Gasteiger partial charge in [0, 0.05) is 54.9 Å². The largest absolute Gasteiger partial charge is 0.496 e. The summed E-state index contributed by atoms with van der Waals surface area (Å²) in [7, 11) is 6.28. The second kappa shape index (κ2) is 14.6. The topological polar surface area (TPSA) is 232 Å². The first-order chi connectivity index (χ1) is 29.1. The average molecular weight is 843 g/mol. The quantitative estimate of drug-likeness (QED) is 0.115. The van der Waals surface area contributed by atoms with Gasteiger partial charge in [0.25, 0.3) is 0 Å². The molecule has 0 aliphatic carbocycles. The van der Waals surface area contributed by atoms with Crippen LogP contribution < -0.4 is 31.2 Å². The Morgan fingerprint density at radius 2 is 0.694 bits per heavy atom. The molecule has 0 bridgehead atoms. The first-order valence-corrected chi connectivity index (χ1v) is 19.2. The number of nitrogens with zero attached hydrogens (tertiary/aromatic N) is 4. The minimum Gasteiger partial charge on any atom is -0.496 e. The van der Waals surface area contributed by atoms with E-state index in [2.05, 4.69) is 0 Å². The molecule has 318 valence electrons. The van der Waals surface area contributed by atoms with E-state index >= 15 is 9.59 Å². The number of aromatic carboxylic acids is 2. The molecule has 2 fully saturated rings. The van der Waals surface area contributed by atoms with E-state index in [4.69, 9.17) is 18.9 Å². The van der Waals surface area contributed by atoms with Crippen molar-refractivity contribution in [2.45, 2.75) is 37.5 Å². The normalized spacial score (nSPS) is 19.4. The molecule has 6 aromatic carbocycles. The van der Waals surface area contributed by atoms with Gasteiger partial charge in [-0.15, -0.1) is 0 Å². The number of rotatable bonds is 8. The molecule has 4 aliphatic rings. The highest BCUT2D eigenvalue weighted by Gasteiger charge is 2.81. The Bertz CT molecular complexity index is 2550. The molecule has 2 saturated heterocycles. The minimum atomic E-state index is -1.73. The Labute approximate surface area is 355 Å². The van der Waals surface area contributed by atoms with Crippen LogP contribution in [0.1, 0.15) is 54.1 Å². The van der Waals surface area contributed by atoms with Gasteiger partial charge in [-0.25, -0.2) is 19.2 Å². The van der Waals surface area contributed by atoms with Gasteiger partial charge in [0.1, 0.15) is 23.0 Å². The van der Waals surface area contributed by atoms with Crippen LogP contribution in [-0.4, -0.2) is 82.3 Å². The number of carbonyl (C=O) groups is 4. The Morgan fingerprint density at radius 3 is 0.903 bits per heavy atom. The van der Waals surface area contributed by atoms with E-state index in [9.17, 15) is 19.8 Å². The molecule has 0 unspecified atom stereocenters. The maximum Gasteiger partial charge on any atom is 0.335 e. The minimum absolute atomic E-state index is 0. The number of urea groups is 2. The Balaban J connectivity index is 0.00000264. The second-order valence-corrected chi connectivity index (χ2v) is 15.2. The molecule has 10 N–H and O–H groups in total. The van der Waals surface area contributed by atoms with Crippen LogP contribution >= 0.6 is 0 Å². The number of hydrogen-bond acceptors (Lipinski definition) is 8. The summed E-state index contributed by atoms with van der Waals surface area (Å²) in [6, 6.07) is 26.8. The SMILES string of the molecule is COc1c2c(c(OC)c3ccccc13)CN1C(=O)N3Cc4c(c(OC)c5ccccc5c4OC)CN4C(=O)N(C2)C1(c1ccc(C(=O)O)cc1)C43c1ccc(C(=O)O)cc1.[NH4+].[NH4+]. The van der Waals surface area contributed by atoms with Crippen LogP contribution in [0.3, 0.4) is 0 Å². The van der Waals surface area contributed by atoms with Gasteiger partial charge >= 0.3 is 24.0 Å². The number of amides is 4. The zero-order chi connectivity index (χ0) is 41.8.